The van der Waals surface area contributed by atoms with E-state index in [4.69, 9.17) is 0 Å². The number of rotatable bonds is 7. The number of hydrogen-bond donors (Lipinski definition) is 1. The summed E-state index contributed by atoms with van der Waals surface area (Å²) < 4.78 is 3.96. The van der Waals surface area contributed by atoms with Crippen molar-refractivity contribution in [3.8, 4) is 0 Å². The van der Waals surface area contributed by atoms with E-state index in [0.29, 0.717) is 6.54 Å². The number of nitrogens with zero attached hydrogens (tertiary/aromatic N) is 3. The summed E-state index contributed by atoms with van der Waals surface area (Å²) in [5.74, 6) is 0.0705. The Hall–Kier alpha value is -2.04. The molecule has 0 aliphatic rings. The van der Waals surface area contributed by atoms with Gasteiger partial charge in [0.2, 0.25) is 5.91 Å². The second kappa shape index (κ2) is 7.29. The first-order valence-corrected chi connectivity index (χ1v) is 8.01. The highest BCUT2D eigenvalue weighted by molar-refractivity contribution is 5.80. The lowest BCUT2D eigenvalue weighted by Crippen LogP contribution is -2.32. The number of amides is 1. The molecule has 1 amide bonds. The lowest BCUT2D eigenvalue weighted by atomic mass is 10.1. The average molecular weight is 302 g/mol. The van der Waals surface area contributed by atoms with Gasteiger partial charge in [-0.25, -0.2) is 0 Å². The standard InChI is InChI=1S/C17H26N4O/c1-5-9-16(20-10-7-8-11-20)17(22)18-12-15-13(3)19-21(6-2)14(15)4/h7-8,10-11,16H,5-6,9,12H2,1-4H3,(H,18,22)/t16-/m1/s1. The van der Waals surface area contributed by atoms with Crippen molar-refractivity contribution < 1.29 is 4.79 Å². The molecule has 0 saturated carbocycles. The van der Waals surface area contributed by atoms with Gasteiger partial charge in [-0.3, -0.25) is 9.48 Å². The molecule has 2 heterocycles. The van der Waals surface area contributed by atoms with E-state index >= 15 is 0 Å². The molecule has 0 radical (unpaired) electrons. The molecule has 1 atom stereocenters. The molecular formula is C17H26N4O. The average Bonchev–Trinajstić information content (AvgIpc) is 3.11. The summed E-state index contributed by atoms with van der Waals surface area (Å²) in [4.78, 5) is 12.5. The molecule has 1 N–H and O–H groups in total. The van der Waals surface area contributed by atoms with Crippen LogP contribution >= 0.6 is 0 Å². The Bertz CT molecular complexity index is 613. The highest BCUT2D eigenvalue weighted by atomic mass is 16.2. The van der Waals surface area contributed by atoms with Crippen LogP contribution in [0.4, 0.5) is 0 Å². The Labute approximate surface area is 132 Å². The van der Waals surface area contributed by atoms with Gasteiger partial charge in [0.25, 0.3) is 0 Å². The summed E-state index contributed by atoms with van der Waals surface area (Å²) in [6.45, 7) is 9.62. The number of carbonyl (C=O) groups is 1. The maximum atomic E-state index is 12.5. The van der Waals surface area contributed by atoms with Gasteiger partial charge in [0, 0.05) is 36.7 Å². The Balaban J connectivity index is 2.07. The van der Waals surface area contributed by atoms with Gasteiger partial charge in [-0.05, 0) is 39.3 Å². The SMILES string of the molecule is CCC[C@H](C(=O)NCc1c(C)nn(CC)c1C)n1cccc1. The molecule has 0 bridgehead atoms. The van der Waals surface area contributed by atoms with Crippen molar-refractivity contribution >= 4 is 5.91 Å². The van der Waals surface area contributed by atoms with Crippen molar-refractivity contribution in [1.29, 1.82) is 0 Å². The molecule has 5 heteroatoms. The second-order valence-electron chi connectivity index (χ2n) is 5.62. The van der Waals surface area contributed by atoms with Crippen molar-refractivity contribution in [1.82, 2.24) is 19.7 Å². The van der Waals surface area contributed by atoms with E-state index in [-0.39, 0.29) is 11.9 Å². The van der Waals surface area contributed by atoms with Gasteiger partial charge < -0.3 is 9.88 Å². The van der Waals surface area contributed by atoms with E-state index in [0.717, 1.165) is 36.3 Å². The number of carbonyl (C=O) groups excluding carboxylic acids is 1. The lowest BCUT2D eigenvalue weighted by molar-refractivity contribution is -0.124. The molecule has 2 aromatic rings. The maximum Gasteiger partial charge on any atom is 0.243 e. The molecule has 0 unspecified atom stereocenters. The van der Waals surface area contributed by atoms with Gasteiger partial charge >= 0.3 is 0 Å². The van der Waals surface area contributed by atoms with E-state index in [9.17, 15) is 4.79 Å². The van der Waals surface area contributed by atoms with Crippen LogP contribution in [0.3, 0.4) is 0 Å². The maximum absolute atomic E-state index is 12.5. The number of aromatic nitrogens is 3. The molecule has 2 aromatic heterocycles. The van der Waals surface area contributed by atoms with Crippen molar-refractivity contribution in [2.45, 2.75) is 59.7 Å². The minimum Gasteiger partial charge on any atom is -0.350 e. The Morgan fingerprint density at radius 2 is 1.95 bits per heavy atom. The minimum absolute atomic E-state index is 0.0705. The zero-order valence-corrected chi connectivity index (χ0v) is 14.0. The van der Waals surface area contributed by atoms with Crippen LogP contribution < -0.4 is 5.32 Å². The van der Waals surface area contributed by atoms with Crippen LogP contribution in [-0.2, 0) is 17.9 Å². The van der Waals surface area contributed by atoms with Gasteiger partial charge in [-0.15, -0.1) is 0 Å². The van der Waals surface area contributed by atoms with E-state index < -0.39 is 0 Å². The third-order valence-electron chi connectivity index (χ3n) is 4.12. The molecule has 22 heavy (non-hydrogen) atoms. The molecule has 0 aromatic carbocycles. The normalized spacial score (nSPS) is 12.4. The highest BCUT2D eigenvalue weighted by Crippen LogP contribution is 2.16. The Morgan fingerprint density at radius 1 is 1.27 bits per heavy atom. The van der Waals surface area contributed by atoms with Crippen LogP contribution in [0, 0.1) is 13.8 Å². The van der Waals surface area contributed by atoms with Gasteiger partial charge in [-0.2, -0.15) is 5.10 Å². The predicted octanol–water partition coefficient (Wildman–Crippen LogP) is 2.98. The van der Waals surface area contributed by atoms with Crippen LogP contribution in [0.1, 0.15) is 49.7 Å². The monoisotopic (exact) mass is 302 g/mol. The first-order valence-electron chi connectivity index (χ1n) is 8.01. The first-order chi connectivity index (χ1) is 10.6. The number of nitrogens with one attached hydrogen (secondary N) is 1. The Morgan fingerprint density at radius 3 is 2.50 bits per heavy atom. The zero-order valence-electron chi connectivity index (χ0n) is 14.0. The molecule has 2 rings (SSSR count). The Kier molecular flexibility index (Phi) is 5.41. The molecule has 0 aliphatic carbocycles. The van der Waals surface area contributed by atoms with Gasteiger partial charge in [0.1, 0.15) is 6.04 Å². The molecule has 0 spiro atoms. The number of hydrogen-bond acceptors (Lipinski definition) is 2. The van der Waals surface area contributed by atoms with E-state index in [2.05, 4.69) is 31.2 Å². The van der Waals surface area contributed by atoms with E-state index in [1.807, 2.05) is 40.7 Å². The first kappa shape index (κ1) is 16.3. The lowest BCUT2D eigenvalue weighted by Gasteiger charge is -2.18. The second-order valence-corrected chi connectivity index (χ2v) is 5.62. The smallest absolute Gasteiger partial charge is 0.243 e. The van der Waals surface area contributed by atoms with Crippen LogP contribution in [0.25, 0.3) is 0 Å². The van der Waals surface area contributed by atoms with Crippen LogP contribution in [0.5, 0.6) is 0 Å². The third kappa shape index (κ3) is 3.40. The van der Waals surface area contributed by atoms with Crippen LogP contribution in [-0.4, -0.2) is 20.3 Å². The molecule has 0 fully saturated rings. The summed E-state index contributed by atoms with van der Waals surface area (Å²) in [6.07, 6.45) is 5.71. The van der Waals surface area contributed by atoms with Crippen molar-refractivity contribution in [3.63, 3.8) is 0 Å². The van der Waals surface area contributed by atoms with Crippen molar-refractivity contribution in [2.24, 2.45) is 0 Å². The minimum atomic E-state index is -0.137. The van der Waals surface area contributed by atoms with Crippen molar-refractivity contribution in [2.75, 3.05) is 0 Å². The fourth-order valence-corrected chi connectivity index (χ4v) is 2.84. The topological polar surface area (TPSA) is 51.9 Å². The molecular weight excluding hydrogens is 276 g/mol. The largest absolute Gasteiger partial charge is 0.350 e. The third-order valence-corrected chi connectivity index (χ3v) is 4.12. The van der Waals surface area contributed by atoms with Crippen LogP contribution in [0.15, 0.2) is 24.5 Å². The number of aryl methyl sites for hydroxylation is 2. The van der Waals surface area contributed by atoms with E-state index in [1.165, 1.54) is 0 Å². The summed E-state index contributed by atoms with van der Waals surface area (Å²) in [6, 6.07) is 3.77. The fraction of sp³-hybridized carbons (Fsp3) is 0.529. The predicted molar refractivity (Wildman–Crippen MR) is 87.6 cm³/mol. The molecule has 0 saturated heterocycles. The van der Waals surface area contributed by atoms with Crippen molar-refractivity contribution in [3.05, 3.63) is 41.5 Å². The molecule has 0 aliphatic heterocycles. The zero-order chi connectivity index (χ0) is 16.1. The highest BCUT2D eigenvalue weighted by Gasteiger charge is 2.19. The molecule has 5 nitrogen and oxygen atoms in total. The fourth-order valence-electron chi connectivity index (χ4n) is 2.84. The quantitative estimate of drug-likeness (QED) is 0.855. The van der Waals surface area contributed by atoms with E-state index in [1.54, 1.807) is 0 Å². The van der Waals surface area contributed by atoms with Crippen LogP contribution in [0.2, 0.25) is 0 Å². The van der Waals surface area contributed by atoms with Gasteiger partial charge in [-0.1, -0.05) is 13.3 Å². The summed E-state index contributed by atoms with van der Waals surface area (Å²) >= 11 is 0. The summed E-state index contributed by atoms with van der Waals surface area (Å²) in [5, 5.41) is 7.58. The molecule has 120 valence electrons. The van der Waals surface area contributed by atoms with Gasteiger partial charge in [0.05, 0.1) is 5.69 Å². The summed E-state index contributed by atoms with van der Waals surface area (Å²) in [7, 11) is 0. The van der Waals surface area contributed by atoms with Gasteiger partial charge in [0.15, 0.2) is 0 Å². The summed E-state index contributed by atoms with van der Waals surface area (Å²) in [5.41, 5.74) is 3.25.